The molecular weight excluding hydrogens is 302 g/mol. The van der Waals surface area contributed by atoms with E-state index in [2.05, 4.69) is 16.0 Å². The fourth-order valence-electron chi connectivity index (χ4n) is 1.88. The first-order chi connectivity index (χ1) is 10.3. The van der Waals surface area contributed by atoms with Crippen molar-refractivity contribution in [2.24, 2.45) is 0 Å². The Balaban J connectivity index is 1.94. The lowest BCUT2D eigenvalue weighted by Crippen LogP contribution is -1.83. The molecule has 1 N–H and O–H groups in total. The fraction of sp³-hybridized carbons (Fsp3) is 0. The number of thiazole rings is 1. The van der Waals surface area contributed by atoms with E-state index in [1.807, 2.05) is 48.0 Å². The largest absolute Gasteiger partial charge is 0.362 e. The van der Waals surface area contributed by atoms with Crippen LogP contribution in [-0.2, 0) is 0 Å². The number of nitriles is 1. The van der Waals surface area contributed by atoms with Crippen molar-refractivity contribution in [3.63, 3.8) is 0 Å². The molecule has 2 aromatic heterocycles. The van der Waals surface area contributed by atoms with Crippen LogP contribution < -0.4 is 0 Å². The molecule has 0 unspecified atom stereocenters. The van der Waals surface area contributed by atoms with Crippen LogP contribution in [0.1, 0.15) is 10.7 Å². The summed E-state index contributed by atoms with van der Waals surface area (Å²) in [5.41, 5.74) is 3.26. The van der Waals surface area contributed by atoms with Crippen molar-refractivity contribution >= 4 is 34.6 Å². The highest BCUT2D eigenvalue weighted by molar-refractivity contribution is 7.11. The molecule has 0 spiro atoms. The highest BCUT2D eigenvalue weighted by Crippen LogP contribution is 2.27. The van der Waals surface area contributed by atoms with Gasteiger partial charge in [0, 0.05) is 27.9 Å². The van der Waals surface area contributed by atoms with Crippen molar-refractivity contribution in [2.45, 2.75) is 0 Å². The first kappa shape index (κ1) is 13.6. The minimum Gasteiger partial charge on any atom is -0.362 e. The van der Waals surface area contributed by atoms with Gasteiger partial charge in [0.05, 0.1) is 11.3 Å². The van der Waals surface area contributed by atoms with E-state index in [0.29, 0.717) is 15.6 Å². The Morgan fingerprint density at radius 3 is 2.76 bits per heavy atom. The molecule has 0 saturated heterocycles. The minimum atomic E-state index is 0.544. The Bertz CT molecular complexity index is 808. The number of aromatic amines is 1. The van der Waals surface area contributed by atoms with Crippen LogP contribution in [0.15, 0.2) is 48.0 Å². The Kier molecular flexibility index (Phi) is 3.87. The number of rotatable bonds is 3. The number of halogens is 1. The zero-order valence-electron chi connectivity index (χ0n) is 10.9. The summed E-state index contributed by atoms with van der Waals surface area (Å²) in [6.07, 6.45) is 3.62. The average Bonchev–Trinajstić information content (AvgIpc) is 3.17. The third-order valence-corrected chi connectivity index (χ3v) is 4.04. The number of hydrogen-bond donors (Lipinski definition) is 1. The van der Waals surface area contributed by atoms with E-state index in [1.54, 1.807) is 6.08 Å². The maximum Gasteiger partial charge on any atom is 0.134 e. The molecule has 5 heteroatoms. The summed E-state index contributed by atoms with van der Waals surface area (Å²) >= 11 is 7.34. The second-order valence-electron chi connectivity index (χ2n) is 4.34. The van der Waals surface area contributed by atoms with Gasteiger partial charge in [0.25, 0.3) is 0 Å². The van der Waals surface area contributed by atoms with E-state index in [4.69, 9.17) is 11.6 Å². The first-order valence-electron chi connectivity index (χ1n) is 6.23. The monoisotopic (exact) mass is 311 g/mol. The van der Waals surface area contributed by atoms with Crippen LogP contribution in [0.4, 0.5) is 0 Å². The molecule has 102 valence electrons. The molecule has 0 radical (unpaired) electrons. The van der Waals surface area contributed by atoms with E-state index in [9.17, 15) is 5.26 Å². The summed E-state index contributed by atoms with van der Waals surface area (Å²) < 4.78 is 0. The van der Waals surface area contributed by atoms with Crippen molar-refractivity contribution in [1.82, 2.24) is 9.97 Å². The Morgan fingerprint density at radius 2 is 2.10 bits per heavy atom. The molecule has 3 rings (SSSR count). The van der Waals surface area contributed by atoms with Crippen LogP contribution in [0, 0.1) is 11.3 Å². The standard InChI is InChI=1S/C16H10ClN3S/c17-13-5-3-11(4-6-13)15-10-21-16(20-15)12(9-18)8-14-2-1-7-19-14/h1-8,10,19H/b12-8-. The van der Waals surface area contributed by atoms with Gasteiger partial charge in [-0.3, -0.25) is 0 Å². The normalized spacial score (nSPS) is 11.3. The zero-order valence-corrected chi connectivity index (χ0v) is 12.4. The van der Waals surface area contributed by atoms with Gasteiger partial charge >= 0.3 is 0 Å². The van der Waals surface area contributed by atoms with E-state index in [1.165, 1.54) is 11.3 Å². The van der Waals surface area contributed by atoms with Crippen molar-refractivity contribution in [1.29, 1.82) is 5.26 Å². The lowest BCUT2D eigenvalue weighted by atomic mass is 10.2. The van der Waals surface area contributed by atoms with Crippen LogP contribution in [0.5, 0.6) is 0 Å². The second kappa shape index (κ2) is 5.96. The van der Waals surface area contributed by atoms with Gasteiger partial charge in [0.1, 0.15) is 11.1 Å². The highest BCUT2D eigenvalue weighted by Gasteiger charge is 2.09. The lowest BCUT2D eigenvalue weighted by molar-refractivity contribution is 1.36. The van der Waals surface area contributed by atoms with Gasteiger partial charge in [-0.2, -0.15) is 5.26 Å². The first-order valence-corrected chi connectivity index (χ1v) is 7.49. The fourth-order valence-corrected chi connectivity index (χ4v) is 2.80. The quantitative estimate of drug-likeness (QED) is 0.702. The Morgan fingerprint density at radius 1 is 1.29 bits per heavy atom. The molecule has 0 saturated carbocycles. The number of hydrogen-bond acceptors (Lipinski definition) is 3. The number of aromatic nitrogens is 2. The number of benzene rings is 1. The Hall–Kier alpha value is -2.35. The van der Waals surface area contributed by atoms with Gasteiger partial charge in [-0.15, -0.1) is 11.3 Å². The van der Waals surface area contributed by atoms with Crippen LogP contribution in [0.25, 0.3) is 22.9 Å². The van der Waals surface area contributed by atoms with Crippen molar-refractivity contribution in [3.05, 3.63) is 63.7 Å². The molecule has 0 fully saturated rings. The Labute approximate surface area is 131 Å². The molecule has 0 aliphatic rings. The van der Waals surface area contributed by atoms with Gasteiger partial charge in [0.2, 0.25) is 0 Å². The van der Waals surface area contributed by atoms with Crippen molar-refractivity contribution in [3.8, 4) is 17.3 Å². The van der Waals surface area contributed by atoms with Gasteiger partial charge in [-0.1, -0.05) is 23.7 Å². The summed E-state index contributed by atoms with van der Waals surface area (Å²) in [4.78, 5) is 7.58. The molecule has 0 atom stereocenters. The SMILES string of the molecule is N#C/C(=C/c1ccc[nH]1)c1nc(-c2ccc(Cl)cc2)cs1. The lowest BCUT2D eigenvalue weighted by Gasteiger charge is -1.96. The minimum absolute atomic E-state index is 0.544. The van der Waals surface area contributed by atoms with Crippen LogP contribution in [0.2, 0.25) is 5.02 Å². The summed E-state index contributed by atoms with van der Waals surface area (Å²) in [5, 5.41) is 12.7. The molecule has 0 bridgehead atoms. The molecule has 0 aliphatic carbocycles. The van der Waals surface area contributed by atoms with Crippen LogP contribution in [0.3, 0.4) is 0 Å². The maximum absolute atomic E-state index is 9.31. The number of allylic oxidation sites excluding steroid dienone is 1. The topological polar surface area (TPSA) is 52.5 Å². The number of nitrogens with zero attached hydrogens (tertiary/aromatic N) is 2. The third-order valence-electron chi connectivity index (χ3n) is 2.92. The highest BCUT2D eigenvalue weighted by atomic mass is 35.5. The second-order valence-corrected chi connectivity index (χ2v) is 5.63. The molecule has 0 amide bonds. The van der Waals surface area contributed by atoms with Gasteiger partial charge in [-0.25, -0.2) is 4.98 Å². The molecule has 2 heterocycles. The van der Waals surface area contributed by atoms with Crippen LogP contribution >= 0.6 is 22.9 Å². The van der Waals surface area contributed by atoms with Crippen LogP contribution in [-0.4, -0.2) is 9.97 Å². The van der Waals surface area contributed by atoms with E-state index in [-0.39, 0.29) is 0 Å². The molecule has 3 nitrogen and oxygen atoms in total. The average molecular weight is 312 g/mol. The maximum atomic E-state index is 9.31. The van der Waals surface area contributed by atoms with E-state index < -0.39 is 0 Å². The third kappa shape index (κ3) is 3.05. The number of H-pyrrole nitrogens is 1. The molecular formula is C16H10ClN3S. The predicted octanol–water partition coefficient (Wildman–Crippen LogP) is 4.86. The van der Waals surface area contributed by atoms with E-state index in [0.717, 1.165) is 17.0 Å². The molecule has 3 aromatic rings. The molecule has 21 heavy (non-hydrogen) atoms. The van der Waals surface area contributed by atoms with Gasteiger partial charge in [0.15, 0.2) is 0 Å². The number of nitrogens with one attached hydrogen (secondary N) is 1. The van der Waals surface area contributed by atoms with Gasteiger partial charge < -0.3 is 4.98 Å². The summed E-state index contributed by atoms with van der Waals surface area (Å²) in [6.45, 7) is 0. The zero-order chi connectivity index (χ0) is 14.7. The van der Waals surface area contributed by atoms with E-state index >= 15 is 0 Å². The summed E-state index contributed by atoms with van der Waals surface area (Å²) in [5.74, 6) is 0. The summed E-state index contributed by atoms with van der Waals surface area (Å²) in [7, 11) is 0. The van der Waals surface area contributed by atoms with Gasteiger partial charge in [-0.05, 0) is 30.3 Å². The summed E-state index contributed by atoms with van der Waals surface area (Å²) in [6, 6.07) is 13.5. The van der Waals surface area contributed by atoms with Crippen molar-refractivity contribution in [2.75, 3.05) is 0 Å². The smallest absolute Gasteiger partial charge is 0.134 e. The molecule has 0 aliphatic heterocycles. The predicted molar refractivity (Wildman–Crippen MR) is 86.8 cm³/mol. The molecule has 1 aromatic carbocycles. The van der Waals surface area contributed by atoms with Crippen molar-refractivity contribution < 1.29 is 0 Å².